The number of benzene rings is 1. The van der Waals surface area contributed by atoms with Crippen molar-refractivity contribution in [3.05, 3.63) is 65.3 Å². The second-order valence-corrected chi connectivity index (χ2v) is 9.75. The van der Waals surface area contributed by atoms with Crippen molar-refractivity contribution in [1.82, 2.24) is 20.3 Å². The van der Waals surface area contributed by atoms with E-state index in [2.05, 4.69) is 44.4 Å². The Hall–Kier alpha value is -3.30. The van der Waals surface area contributed by atoms with Gasteiger partial charge in [-0.25, -0.2) is 10.0 Å². The minimum Gasteiger partial charge on any atom is -0.478 e. The lowest BCUT2D eigenvalue weighted by molar-refractivity contribution is -0.107. The highest BCUT2D eigenvalue weighted by atomic mass is 16.7. The lowest BCUT2D eigenvalue weighted by Crippen LogP contribution is -2.44. The third-order valence-electron chi connectivity index (χ3n) is 6.70. The Balaban J connectivity index is 1.26. The van der Waals surface area contributed by atoms with E-state index in [9.17, 15) is 4.79 Å². The fraction of sp³-hybridized carbons (Fsp3) is 0.500. The second kappa shape index (κ2) is 12.3. The van der Waals surface area contributed by atoms with Gasteiger partial charge in [-0.2, -0.15) is 0 Å². The van der Waals surface area contributed by atoms with E-state index in [0.717, 1.165) is 55.4 Å². The molecule has 1 saturated heterocycles. The van der Waals surface area contributed by atoms with Gasteiger partial charge < -0.3 is 15.0 Å². The molecule has 1 aromatic heterocycles. The number of hydroxylamine groups is 2. The maximum atomic E-state index is 12.8. The maximum absolute atomic E-state index is 12.8. The average Bonchev–Trinajstić information content (AvgIpc) is 3.28. The van der Waals surface area contributed by atoms with E-state index >= 15 is 0 Å². The topological polar surface area (TPSA) is 73.4 Å². The van der Waals surface area contributed by atoms with Crippen LogP contribution in [0.1, 0.15) is 48.2 Å². The zero-order valence-corrected chi connectivity index (χ0v) is 22.7. The van der Waals surface area contributed by atoms with Crippen LogP contribution in [-0.4, -0.2) is 74.0 Å². The molecule has 1 fully saturated rings. The van der Waals surface area contributed by atoms with Crippen molar-refractivity contribution in [3.63, 3.8) is 0 Å². The first-order chi connectivity index (χ1) is 17.9. The number of amides is 1. The number of piperidine rings is 1. The number of carbonyl (C=O) groups excluding carboxylic acids is 1. The van der Waals surface area contributed by atoms with Crippen molar-refractivity contribution < 1.29 is 14.4 Å². The summed E-state index contributed by atoms with van der Waals surface area (Å²) in [6, 6.07) is 10.8. The van der Waals surface area contributed by atoms with Gasteiger partial charge in [0.15, 0.2) is 0 Å². The van der Waals surface area contributed by atoms with Gasteiger partial charge in [0.05, 0.1) is 25.0 Å². The van der Waals surface area contributed by atoms with Gasteiger partial charge in [0, 0.05) is 51.7 Å². The van der Waals surface area contributed by atoms with E-state index in [1.165, 1.54) is 5.56 Å². The van der Waals surface area contributed by atoms with Crippen molar-refractivity contribution in [3.8, 4) is 0 Å². The Morgan fingerprint density at radius 3 is 2.49 bits per heavy atom. The van der Waals surface area contributed by atoms with Crippen LogP contribution in [0, 0.1) is 6.92 Å². The molecule has 0 radical (unpaired) electrons. The quantitative estimate of drug-likeness (QED) is 0.521. The van der Waals surface area contributed by atoms with Crippen molar-refractivity contribution >= 4 is 17.4 Å². The standard InChI is InChI=1S/C28H40N6O3/c1-6-36-26-19-33(37-7-2)20-34(26)25-10-8-22(9-11-25)18-32-14-12-24(13-15-32)30-28(35)23-16-21(3)27(29-17-23)31(4)5/h8-11,16-17,19,24H,6-7,12-15,18,20H2,1-5H3,(H,30,35). The van der Waals surface area contributed by atoms with Crippen LogP contribution in [0.2, 0.25) is 0 Å². The summed E-state index contributed by atoms with van der Waals surface area (Å²) in [4.78, 5) is 29.4. The first-order valence-corrected chi connectivity index (χ1v) is 13.2. The fourth-order valence-corrected chi connectivity index (χ4v) is 4.86. The summed E-state index contributed by atoms with van der Waals surface area (Å²) in [6.07, 6.45) is 5.45. The van der Waals surface area contributed by atoms with Gasteiger partial charge in [-0.15, -0.1) is 0 Å². The smallest absolute Gasteiger partial charge is 0.253 e. The van der Waals surface area contributed by atoms with Gasteiger partial charge in [-0.1, -0.05) is 12.1 Å². The number of nitrogens with one attached hydrogen (secondary N) is 1. The van der Waals surface area contributed by atoms with Crippen molar-refractivity contribution in [2.45, 2.75) is 46.2 Å². The molecule has 2 aromatic rings. The first kappa shape index (κ1) is 26.8. The summed E-state index contributed by atoms with van der Waals surface area (Å²) in [6.45, 7) is 10.6. The molecule has 9 nitrogen and oxygen atoms in total. The average molecular weight is 509 g/mol. The number of nitrogens with zero attached hydrogens (tertiary/aromatic N) is 5. The number of hydrogen-bond acceptors (Lipinski definition) is 8. The lowest BCUT2D eigenvalue weighted by Gasteiger charge is -2.32. The van der Waals surface area contributed by atoms with Crippen molar-refractivity contribution in [2.24, 2.45) is 0 Å². The van der Waals surface area contributed by atoms with Crippen LogP contribution < -0.4 is 15.1 Å². The SMILES string of the molecule is CCOC1=CN(OCC)CN1c1ccc(CN2CCC(NC(=O)c3cnc(N(C)C)c(C)c3)CC2)cc1. The fourth-order valence-electron chi connectivity index (χ4n) is 4.86. The third-order valence-corrected chi connectivity index (χ3v) is 6.70. The lowest BCUT2D eigenvalue weighted by atomic mass is 10.0. The Labute approximate surface area is 220 Å². The Morgan fingerprint density at radius 2 is 1.86 bits per heavy atom. The number of aromatic nitrogens is 1. The van der Waals surface area contributed by atoms with Gasteiger partial charge >= 0.3 is 0 Å². The molecular formula is C28H40N6O3. The molecule has 1 N–H and O–H groups in total. The molecule has 4 rings (SSSR count). The number of anilines is 2. The summed E-state index contributed by atoms with van der Waals surface area (Å²) in [5, 5.41) is 5.01. The summed E-state index contributed by atoms with van der Waals surface area (Å²) >= 11 is 0. The van der Waals surface area contributed by atoms with Gasteiger partial charge in [0.25, 0.3) is 5.91 Å². The maximum Gasteiger partial charge on any atom is 0.253 e. The molecule has 1 aromatic carbocycles. The van der Waals surface area contributed by atoms with E-state index in [4.69, 9.17) is 9.57 Å². The summed E-state index contributed by atoms with van der Waals surface area (Å²) < 4.78 is 5.81. The predicted octanol–water partition coefficient (Wildman–Crippen LogP) is 3.72. The molecule has 200 valence electrons. The monoisotopic (exact) mass is 508 g/mol. The van der Waals surface area contributed by atoms with Gasteiger partial charge in [0.2, 0.25) is 5.88 Å². The highest BCUT2D eigenvalue weighted by molar-refractivity contribution is 5.94. The highest BCUT2D eigenvalue weighted by Gasteiger charge is 2.25. The zero-order chi connectivity index (χ0) is 26.4. The van der Waals surface area contributed by atoms with E-state index in [1.54, 1.807) is 11.3 Å². The predicted molar refractivity (Wildman–Crippen MR) is 146 cm³/mol. The molecule has 1 amide bonds. The van der Waals surface area contributed by atoms with Crippen LogP contribution in [0.3, 0.4) is 0 Å². The molecule has 2 aliphatic rings. The van der Waals surface area contributed by atoms with E-state index in [0.29, 0.717) is 25.4 Å². The minimum atomic E-state index is -0.0415. The van der Waals surface area contributed by atoms with Crippen molar-refractivity contribution in [2.75, 3.05) is 56.9 Å². The van der Waals surface area contributed by atoms with E-state index in [-0.39, 0.29) is 11.9 Å². The van der Waals surface area contributed by atoms with Crippen LogP contribution in [0.25, 0.3) is 0 Å². The van der Waals surface area contributed by atoms with Crippen LogP contribution >= 0.6 is 0 Å². The molecule has 0 aliphatic carbocycles. The molecule has 0 atom stereocenters. The summed E-state index contributed by atoms with van der Waals surface area (Å²) in [5.74, 6) is 1.64. The molecule has 0 saturated carbocycles. The summed E-state index contributed by atoms with van der Waals surface area (Å²) in [5.41, 5.74) is 3.97. The molecule has 0 unspecified atom stereocenters. The van der Waals surface area contributed by atoms with Gasteiger partial charge in [0.1, 0.15) is 12.5 Å². The number of likely N-dealkylation sites (tertiary alicyclic amines) is 1. The molecule has 0 spiro atoms. The molecular weight excluding hydrogens is 468 g/mol. The highest BCUT2D eigenvalue weighted by Crippen LogP contribution is 2.27. The van der Waals surface area contributed by atoms with Crippen LogP contribution in [0.5, 0.6) is 0 Å². The Morgan fingerprint density at radius 1 is 1.14 bits per heavy atom. The van der Waals surface area contributed by atoms with E-state index < -0.39 is 0 Å². The van der Waals surface area contributed by atoms with Crippen LogP contribution in [-0.2, 0) is 16.1 Å². The second-order valence-electron chi connectivity index (χ2n) is 9.75. The van der Waals surface area contributed by atoms with Crippen LogP contribution in [0.4, 0.5) is 11.5 Å². The number of carbonyl (C=O) groups is 1. The van der Waals surface area contributed by atoms with Crippen LogP contribution in [0.15, 0.2) is 48.6 Å². The Kier molecular flexibility index (Phi) is 8.89. The number of pyridine rings is 1. The van der Waals surface area contributed by atoms with E-state index in [1.807, 2.05) is 52.0 Å². The molecule has 0 bridgehead atoms. The number of ether oxygens (including phenoxy) is 1. The third kappa shape index (κ3) is 6.72. The van der Waals surface area contributed by atoms with Gasteiger partial charge in [-0.05, 0) is 62.9 Å². The van der Waals surface area contributed by atoms with Crippen molar-refractivity contribution in [1.29, 1.82) is 0 Å². The minimum absolute atomic E-state index is 0.0415. The largest absolute Gasteiger partial charge is 0.478 e. The Bertz CT molecular complexity index is 1080. The first-order valence-electron chi connectivity index (χ1n) is 13.2. The number of rotatable bonds is 10. The zero-order valence-electron chi connectivity index (χ0n) is 22.7. The number of aryl methyl sites for hydroxylation is 1. The molecule has 9 heteroatoms. The molecule has 3 heterocycles. The molecule has 2 aliphatic heterocycles. The normalized spacial score (nSPS) is 16.6. The summed E-state index contributed by atoms with van der Waals surface area (Å²) in [7, 11) is 3.91. The number of hydrogen-bond donors (Lipinski definition) is 1. The van der Waals surface area contributed by atoms with Gasteiger partial charge in [-0.3, -0.25) is 19.4 Å². The molecule has 37 heavy (non-hydrogen) atoms.